The van der Waals surface area contributed by atoms with Crippen molar-refractivity contribution in [2.75, 3.05) is 20.2 Å². The molecule has 2 nitrogen and oxygen atoms in total. The van der Waals surface area contributed by atoms with Gasteiger partial charge in [-0.25, -0.2) is 0 Å². The molecule has 104 valence electrons. The Hall–Kier alpha value is -0.730. The van der Waals surface area contributed by atoms with E-state index in [-0.39, 0.29) is 0 Å². The molecule has 1 saturated heterocycles. The number of fused-ring (bicyclic) bond motifs is 1. The molecule has 1 N–H and O–H groups in total. The first-order valence-corrected chi connectivity index (χ1v) is 7.78. The molecule has 1 aromatic rings. The smallest absolute Gasteiger partial charge is 0.141 e. The summed E-state index contributed by atoms with van der Waals surface area (Å²) in [5, 5.41) is 4.26. The standard InChI is InChI=1S/C16H22ClNO/c1-19-16-14(17)9-11-5-3-2-4-6-13(11)15(16)12-7-8-18-10-12/h9,12,18H,2-8,10H2,1H3. The molecule has 1 fully saturated rings. The number of halogens is 1. The molecule has 3 rings (SSSR count). The van der Waals surface area contributed by atoms with Gasteiger partial charge in [-0.15, -0.1) is 0 Å². The summed E-state index contributed by atoms with van der Waals surface area (Å²) >= 11 is 6.45. The van der Waals surface area contributed by atoms with E-state index in [2.05, 4.69) is 11.4 Å². The normalized spacial score (nSPS) is 22.9. The highest BCUT2D eigenvalue weighted by Crippen LogP contribution is 2.42. The van der Waals surface area contributed by atoms with Crippen LogP contribution < -0.4 is 10.1 Å². The van der Waals surface area contributed by atoms with Crippen LogP contribution in [0.15, 0.2) is 6.07 Å². The lowest BCUT2D eigenvalue weighted by Crippen LogP contribution is -2.12. The third-order valence-corrected chi connectivity index (χ3v) is 4.80. The Bertz CT molecular complexity index is 466. The molecule has 3 heteroatoms. The monoisotopic (exact) mass is 279 g/mol. The van der Waals surface area contributed by atoms with Crippen molar-refractivity contribution >= 4 is 11.6 Å². The summed E-state index contributed by atoms with van der Waals surface area (Å²) < 4.78 is 5.64. The highest BCUT2D eigenvalue weighted by Gasteiger charge is 2.27. The van der Waals surface area contributed by atoms with Gasteiger partial charge in [0.2, 0.25) is 0 Å². The van der Waals surface area contributed by atoms with Crippen LogP contribution in [0.5, 0.6) is 5.75 Å². The second-order valence-electron chi connectivity index (χ2n) is 5.69. The topological polar surface area (TPSA) is 21.3 Å². The first-order valence-electron chi connectivity index (χ1n) is 7.40. The van der Waals surface area contributed by atoms with E-state index in [1.165, 1.54) is 55.2 Å². The number of benzene rings is 1. The summed E-state index contributed by atoms with van der Waals surface area (Å²) in [6.07, 6.45) is 7.48. The van der Waals surface area contributed by atoms with Gasteiger partial charge in [-0.05, 0) is 55.8 Å². The van der Waals surface area contributed by atoms with Gasteiger partial charge in [-0.1, -0.05) is 18.0 Å². The van der Waals surface area contributed by atoms with Crippen LogP contribution in [0.1, 0.15) is 48.3 Å². The minimum absolute atomic E-state index is 0.570. The zero-order valence-electron chi connectivity index (χ0n) is 11.6. The van der Waals surface area contributed by atoms with Crippen molar-refractivity contribution < 1.29 is 4.74 Å². The predicted octanol–water partition coefficient (Wildman–Crippen LogP) is 3.69. The average Bonchev–Trinajstić information content (AvgIpc) is 2.83. The second kappa shape index (κ2) is 5.72. The van der Waals surface area contributed by atoms with Crippen molar-refractivity contribution in [1.82, 2.24) is 5.32 Å². The molecule has 0 saturated carbocycles. The maximum absolute atomic E-state index is 6.45. The highest BCUT2D eigenvalue weighted by atomic mass is 35.5. The molecule has 1 aliphatic heterocycles. The zero-order chi connectivity index (χ0) is 13.2. The van der Waals surface area contributed by atoms with Gasteiger partial charge in [-0.3, -0.25) is 0 Å². The van der Waals surface area contributed by atoms with Gasteiger partial charge in [0.1, 0.15) is 5.75 Å². The van der Waals surface area contributed by atoms with E-state index in [4.69, 9.17) is 16.3 Å². The van der Waals surface area contributed by atoms with Crippen LogP contribution in [-0.2, 0) is 12.8 Å². The molecule has 0 radical (unpaired) electrons. The Morgan fingerprint density at radius 3 is 2.84 bits per heavy atom. The van der Waals surface area contributed by atoms with Gasteiger partial charge in [0.25, 0.3) is 0 Å². The van der Waals surface area contributed by atoms with Gasteiger partial charge in [0.05, 0.1) is 12.1 Å². The van der Waals surface area contributed by atoms with Crippen molar-refractivity contribution in [3.8, 4) is 5.75 Å². The number of aryl methyl sites for hydroxylation is 1. The predicted molar refractivity (Wildman–Crippen MR) is 79.5 cm³/mol. The molecule has 0 amide bonds. The van der Waals surface area contributed by atoms with Crippen molar-refractivity contribution in [2.24, 2.45) is 0 Å². The Labute approximate surface area is 120 Å². The van der Waals surface area contributed by atoms with Gasteiger partial charge >= 0.3 is 0 Å². The molecule has 1 aromatic carbocycles. The van der Waals surface area contributed by atoms with Crippen molar-refractivity contribution in [2.45, 2.75) is 44.4 Å². The molecule has 19 heavy (non-hydrogen) atoms. The van der Waals surface area contributed by atoms with E-state index < -0.39 is 0 Å². The number of ether oxygens (including phenoxy) is 1. The van der Waals surface area contributed by atoms with Crippen molar-refractivity contribution in [1.29, 1.82) is 0 Å². The summed E-state index contributed by atoms with van der Waals surface area (Å²) in [6.45, 7) is 2.16. The summed E-state index contributed by atoms with van der Waals surface area (Å²) in [7, 11) is 1.75. The number of nitrogens with one attached hydrogen (secondary N) is 1. The van der Waals surface area contributed by atoms with Crippen molar-refractivity contribution in [3.63, 3.8) is 0 Å². The van der Waals surface area contributed by atoms with Crippen LogP contribution in [0.3, 0.4) is 0 Å². The maximum atomic E-state index is 6.45. The van der Waals surface area contributed by atoms with Crippen LogP contribution in [0.2, 0.25) is 5.02 Å². The Morgan fingerprint density at radius 2 is 2.11 bits per heavy atom. The molecule has 2 aliphatic rings. The summed E-state index contributed by atoms with van der Waals surface area (Å²) in [4.78, 5) is 0. The molecular weight excluding hydrogens is 258 g/mol. The molecule has 0 aromatic heterocycles. The number of methoxy groups -OCH3 is 1. The molecule has 1 aliphatic carbocycles. The average molecular weight is 280 g/mol. The van der Waals surface area contributed by atoms with Crippen LogP contribution in [0.4, 0.5) is 0 Å². The van der Waals surface area contributed by atoms with Gasteiger partial charge in [-0.2, -0.15) is 0 Å². The maximum Gasteiger partial charge on any atom is 0.141 e. The molecule has 0 bridgehead atoms. The Balaban J connectivity index is 2.13. The van der Waals surface area contributed by atoms with Crippen LogP contribution in [0, 0.1) is 0 Å². The minimum Gasteiger partial charge on any atom is -0.495 e. The number of hydrogen-bond donors (Lipinski definition) is 1. The number of rotatable bonds is 2. The fourth-order valence-electron chi connectivity index (χ4n) is 3.60. The van der Waals surface area contributed by atoms with E-state index in [0.29, 0.717) is 5.92 Å². The lowest BCUT2D eigenvalue weighted by molar-refractivity contribution is 0.405. The summed E-state index contributed by atoms with van der Waals surface area (Å²) in [5.74, 6) is 1.50. The van der Waals surface area contributed by atoms with E-state index in [1.807, 2.05) is 0 Å². The fourth-order valence-corrected chi connectivity index (χ4v) is 3.91. The lowest BCUT2D eigenvalue weighted by atomic mass is 9.87. The second-order valence-corrected chi connectivity index (χ2v) is 6.10. The van der Waals surface area contributed by atoms with Gasteiger partial charge in [0.15, 0.2) is 0 Å². The molecule has 1 heterocycles. The fraction of sp³-hybridized carbons (Fsp3) is 0.625. The molecular formula is C16H22ClNO. The minimum atomic E-state index is 0.570. The van der Waals surface area contributed by atoms with E-state index in [9.17, 15) is 0 Å². The lowest BCUT2D eigenvalue weighted by Gasteiger charge is -2.22. The van der Waals surface area contributed by atoms with Crippen LogP contribution in [-0.4, -0.2) is 20.2 Å². The van der Waals surface area contributed by atoms with Crippen LogP contribution >= 0.6 is 11.6 Å². The molecule has 1 atom stereocenters. The largest absolute Gasteiger partial charge is 0.495 e. The van der Waals surface area contributed by atoms with Gasteiger partial charge < -0.3 is 10.1 Å². The number of hydrogen-bond acceptors (Lipinski definition) is 2. The van der Waals surface area contributed by atoms with Gasteiger partial charge in [0, 0.05) is 18.0 Å². The van der Waals surface area contributed by atoms with E-state index in [0.717, 1.165) is 23.9 Å². The van der Waals surface area contributed by atoms with Crippen LogP contribution in [0.25, 0.3) is 0 Å². The quantitative estimate of drug-likeness (QED) is 0.834. The third kappa shape index (κ3) is 2.48. The zero-order valence-corrected chi connectivity index (χ0v) is 12.4. The SMILES string of the molecule is COc1c(Cl)cc2c(c1C1CCNC1)CCCCC2. The van der Waals surface area contributed by atoms with E-state index in [1.54, 1.807) is 7.11 Å². The first-order chi connectivity index (χ1) is 9.31. The Kier molecular flexibility index (Phi) is 3.99. The van der Waals surface area contributed by atoms with Crippen molar-refractivity contribution in [3.05, 3.63) is 27.8 Å². The summed E-state index contributed by atoms with van der Waals surface area (Å²) in [6, 6.07) is 2.15. The third-order valence-electron chi connectivity index (χ3n) is 4.52. The summed E-state index contributed by atoms with van der Waals surface area (Å²) in [5.41, 5.74) is 4.40. The highest BCUT2D eigenvalue weighted by molar-refractivity contribution is 6.32. The molecule has 1 unspecified atom stereocenters. The Morgan fingerprint density at radius 1 is 1.26 bits per heavy atom. The molecule has 0 spiro atoms. The first kappa shape index (κ1) is 13.3. The van der Waals surface area contributed by atoms with E-state index >= 15 is 0 Å².